The second-order valence-corrected chi connectivity index (χ2v) is 3.40. The third-order valence-corrected chi connectivity index (χ3v) is 2.07. The maximum Gasteiger partial charge on any atom is 0.127 e. The first-order valence-corrected chi connectivity index (χ1v) is 5.02. The standard InChI is InChI=1S/C11H13ClFNO/c1-8(14)10-4-3-9(13)7-11(10)15-6-2-5-12/h2-5,7-8H,6,14H2,1H3/t8-/m1/s1. The second-order valence-electron chi connectivity index (χ2n) is 3.14. The van der Waals surface area contributed by atoms with Crippen LogP contribution in [0.5, 0.6) is 5.75 Å². The monoisotopic (exact) mass is 229 g/mol. The van der Waals surface area contributed by atoms with E-state index >= 15 is 0 Å². The fourth-order valence-electron chi connectivity index (χ4n) is 1.18. The molecular weight excluding hydrogens is 217 g/mol. The highest BCUT2D eigenvalue weighted by atomic mass is 35.5. The zero-order valence-electron chi connectivity index (χ0n) is 8.41. The van der Waals surface area contributed by atoms with Gasteiger partial charge in [0.25, 0.3) is 0 Å². The molecule has 1 aromatic rings. The zero-order valence-corrected chi connectivity index (χ0v) is 9.17. The van der Waals surface area contributed by atoms with Crippen molar-refractivity contribution in [3.8, 4) is 5.75 Å². The lowest BCUT2D eigenvalue weighted by Crippen LogP contribution is -2.08. The van der Waals surface area contributed by atoms with Crippen LogP contribution in [0.15, 0.2) is 29.8 Å². The first kappa shape index (κ1) is 12.0. The van der Waals surface area contributed by atoms with Crippen molar-refractivity contribution in [1.82, 2.24) is 0 Å². The fourth-order valence-corrected chi connectivity index (χ4v) is 1.26. The van der Waals surface area contributed by atoms with Gasteiger partial charge < -0.3 is 10.5 Å². The smallest absolute Gasteiger partial charge is 0.127 e. The first-order chi connectivity index (χ1) is 7.15. The van der Waals surface area contributed by atoms with Gasteiger partial charge in [-0.05, 0) is 19.1 Å². The number of rotatable bonds is 4. The molecule has 0 heterocycles. The number of hydrogen-bond donors (Lipinski definition) is 1. The molecule has 1 rings (SSSR count). The van der Waals surface area contributed by atoms with Gasteiger partial charge in [-0.3, -0.25) is 0 Å². The highest BCUT2D eigenvalue weighted by Gasteiger charge is 2.08. The average molecular weight is 230 g/mol. The van der Waals surface area contributed by atoms with Gasteiger partial charge in [0.2, 0.25) is 0 Å². The Bertz CT molecular complexity index is 352. The molecule has 2 N–H and O–H groups in total. The average Bonchev–Trinajstić information content (AvgIpc) is 2.18. The molecule has 1 aromatic carbocycles. The molecular formula is C11H13ClFNO. The normalized spacial score (nSPS) is 13.1. The predicted molar refractivity (Wildman–Crippen MR) is 59.5 cm³/mol. The Labute approximate surface area is 93.5 Å². The summed E-state index contributed by atoms with van der Waals surface area (Å²) in [4.78, 5) is 0. The molecule has 0 aliphatic rings. The minimum absolute atomic E-state index is 0.194. The van der Waals surface area contributed by atoms with Crippen LogP contribution in [0, 0.1) is 5.82 Å². The van der Waals surface area contributed by atoms with E-state index in [9.17, 15) is 4.39 Å². The Morgan fingerprint density at radius 3 is 2.93 bits per heavy atom. The molecule has 0 fully saturated rings. The van der Waals surface area contributed by atoms with E-state index in [0.29, 0.717) is 12.4 Å². The van der Waals surface area contributed by atoms with Gasteiger partial charge >= 0.3 is 0 Å². The molecule has 2 nitrogen and oxygen atoms in total. The molecule has 15 heavy (non-hydrogen) atoms. The molecule has 0 aromatic heterocycles. The van der Waals surface area contributed by atoms with Gasteiger partial charge in [-0.15, -0.1) is 0 Å². The van der Waals surface area contributed by atoms with E-state index in [1.165, 1.54) is 17.7 Å². The van der Waals surface area contributed by atoms with E-state index in [2.05, 4.69) is 0 Å². The van der Waals surface area contributed by atoms with Crippen molar-refractivity contribution in [2.75, 3.05) is 6.61 Å². The molecule has 0 aliphatic heterocycles. The van der Waals surface area contributed by atoms with Crippen LogP contribution < -0.4 is 10.5 Å². The molecule has 4 heteroatoms. The summed E-state index contributed by atoms with van der Waals surface area (Å²) in [7, 11) is 0. The summed E-state index contributed by atoms with van der Waals surface area (Å²) in [6.07, 6.45) is 1.62. The second kappa shape index (κ2) is 5.73. The minimum atomic E-state index is -0.343. The lowest BCUT2D eigenvalue weighted by atomic mass is 10.1. The fraction of sp³-hybridized carbons (Fsp3) is 0.273. The summed E-state index contributed by atoms with van der Waals surface area (Å²) in [6.45, 7) is 2.12. The summed E-state index contributed by atoms with van der Waals surface area (Å²) in [6, 6.07) is 4.12. The summed E-state index contributed by atoms with van der Waals surface area (Å²) in [5, 5.41) is 0. The lowest BCUT2D eigenvalue weighted by molar-refractivity contribution is 0.354. The third-order valence-electron chi connectivity index (χ3n) is 1.89. The van der Waals surface area contributed by atoms with Gasteiger partial charge in [-0.25, -0.2) is 4.39 Å². The molecule has 82 valence electrons. The highest BCUT2D eigenvalue weighted by Crippen LogP contribution is 2.24. The van der Waals surface area contributed by atoms with Gasteiger partial charge in [0.05, 0.1) is 0 Å². The SMILES string of the molecule is C[C@@H](N)c1ccc(F)cc1OCC=CCl. The van der Waals surface area contributed by atoms with Gasteiger partial charge in [-0.1, -0.05) is 17.7 Å². The molecule has 0 saturated heterocycles. The van der Waals surface area contributed by atoms with Crippen LogP contribution in [-0.4, -0.2) is 6.61 Å². The Kier molecular flexibility index (Phi) is 4.59. The van der Waals surface area contributed by atoms with Gasteiger partial charge in [-0.2, -0.15) is 0 Å². The van der Waals surface area contributed by atoms with Crippen molar-refractivity contribution in [2.45, 2.75) is 13.0 Å². The summed E-state index contributed by atoms with van der Waals surface area (Å²) in [5.41, 5.74) is 7.85. The number of ether oxygens (including phenoxy) is 1. The molecule has 0 spiro atoms. The van der Waals surface area contributed by atoms with E-state index in [4.69, 9.17) is 22.1 Å². The molecule has 0 bridgehead atoms. The third kappa shape index (κ3) is 3.53. The highest BCUT2D eigenvalue weighted by molar-refractivity contribution is 6.25. The topological polar surface area (TPSA) is 35.2 Å². The quantitative estimate of drug-likeness (QED) is 0.862. The predicted octanol–water partition coefficient (Wildman–Crippen LogP) is 2.98. The Hall–Kier alpha value is -1.06. The van der Waals surface area contributed by atoms with Crippen molar-refractivity contribution in [2.24, 2.45) is 5.73 Å². The van der Waals surface area contributed by atoms with E-state index in [-0.39, 0.29) is 11.9 Å². The van der Waals surface area contributed by atoms with Crippen LogP contribution in [0.25, 0.3) is 0 Å². The maximum atomic E-state index is 13.0. The Morgan fingerprint density at radius 1 is 1.60 bits per heavy atom. The Morgan fingerprint density at radius 2 is 2.33 bits per heavy atom. The number of halogens is 2. The van der Waals surface area contributed by atoms with E-state index < -0.39 is 0 Å². The number of hydrogen-bond acceptors (Lipinski definition) is 2. The van der Waals surface area contributed by atoms with Crippen molar-refractivity contribution in [3.63, 3.8) is 0 Å². The summed E-state index contributed by atoms with van der Waals surface area (Å²) >= 11 is 5.34. The summed E-state index contributed by atoms with van der Waals surface area (Å²) in [5.74, 6) is 0.115. The molecule has 1 atom stereocenters. The maximum absolute atomic E-state index is 13.0. The van der Waals surface area contributed by atoms with Crippen molar-refractivity contribution in [1.29, 1.82) is 0 Å². The largest absolute Gasteiger partial charge is 0.489 e. The first-order valence-electron chi connectivity index (χ1n) is 4.58. The molecule has 0 saturated carbocycles. The lowest BCUT2D eigenvalue weighted by Gasteiger charge is -2.12. The van der Waals surface area contributed by atoms with Crippen molar-refractivity contribution in [3.05, 3.63) is 41.2 Å². The zero-order chi connectivity index (χ0) is 11.3. The van der Waals surface area contributed by atoms with E-state index in [1.54, 1.807) is 12.1 Å². The molecule has 0 unspecified atom stereocenters. The minimum Gasteiger partial charge on any atom is -0.489 e. The van der Waals surface area contributed by atoms with Crippen LogP contribution in [-0.2, 0) is 0 Å². The van der Waals surface area contributed by atoms with E-state index in [0.717, 1.165) is 5.56 Å². The van der Waals surface area contributed by atoms with Crippen LogP contribution in [0.3, 0.4) is 0 Å². The number of benzene rings is 1. The van der Waals surface area contributed by atoms with Crippen LogP contribution in [0.2, 0.25) is 0 Å². The van der Waals surface area contributed by atoms with Crippen LogP contribution in [0.1, 0.15) is 18.5 Å². The summed E-state index contributed by atoms with van der Waals surface area (Å²) < 4.78 is 18.3. The van der Waals surface area contributed by atoms with Gasteiger partial charge in [0.15, 0.2) is 0 Å². The molecule has 0 aliphatic carbocycles. The van der Waals surface area contributed by atoms with Crippen molar-refractivity contribution >= 4 is 11.6 Å². The molecule has 0 amide bonds. The molecule has 0 radical (unpaired) electrons. The number of nitrogens with two attached hydrogens (primary N) is 1. The van der Waals surface area contributed by atoms with Crippen LogP contribution >= 0.6 is 11.6 Å². The van der Waals surface area contributed by atoms with Crippen molar-refractivity contribution < 1.29 is 9.13 Å². The van der Waals surface area contributed by atoms with Crippen LogP contribution in [0.4, 0.5) is 4.39 Å². The van der Waals surface area contributed by atoms with Gasteiger partial charge in [0.1, 0.15) is 18.2 Å². The Balaban J connectivity index is 2.86. The van der Waals surface area contributed by atoms with Gasteiger partial charge in [0, 0.05) is 23.2 Å². The van der Waals surface area contributed by atoms with E-state index in [1.807, 2.05) is 6.92 Å².